The number of carboxylic acid groups (broad SMARTS) is 1. The van der Waals surface area contributed by atoms with E-state index in [2.05, 4.69) is 0 Å². The molecule has 1 aliphatic rings. The van der Waals surface area contributed by atoms with E-state index in [0.717, 1.165) is 26.9 Å². The monoisotopic (exact) mass is 547 g/mol. The molecular formula is C25H29N3O7S2. The lowest BCUT2D eigenvalue weighted by Crippen LogP contribution is -2.56. The second-order valence-electron chi connectivity index (χ2n) is 8.79. The average Bonchev–Trinajstić information content (AvgIpc) is 2.87. The number of aliphatic carboxylic acids is 1. The van der Waals surface area contributed by atoms with E-state index in [1.54, 1.807) is 29.2 Å². The molecule has 1 saturated heterocycles. The Morgan fingerprint density at radius 1 is 1.00 bits per heavy atom. The van der Waals surface area contributed by atoms with E-state index in [1.807, 2.05) is 42.5 Å². The van der Waals surface area contributed by atoms with Crippen LogP contribution in [0.4, 0.5) is 5.69 Å². The van der Waals surface area contributed by atoms with Gasteiger partial charge in [0.2, 0.25) is 20.9 Å². The van der Waals surface area contributed by atoms with Crippen molar-refractivity contribution in [1.29, 1.82) is 0 Å². The number of carbonyl (C=O) groups is 1. The summed E-state index contributed by atoms with van der Waals surface area (Å²) in [6.45, 7) is 0.705. The lowest BCUT2D eigenvalue weighted by molar-refractivity contribution is -0.143. The van der Waals surface area contributed by atoms with Gasteiger partial charge >= 0.3 is 5.97 Å². The Labute approximate surface area is 217 Å². The van der Waals surface area contributed by atoms with E-state index in [0.29, 0.717) is 18.0 Å². The van der Waals surface area contributed by atoms with Gasteiger partial charge in [0.05, 0.1) is 18.5 Å². The van der Waals surface area contributed by atoms with E-state index in [4.69, 9.17) is 4.74 Å². The molecule has 3 aromatic rings. The minimum absolute atomic E-state index is 0.148. The second kappa shape index (κ2) is 11.5. The Kier molecular flexibility index (Phi) is 8.32. The molecule has 3 aromatic carbocycles. The first kappa shape index (κ1) is 26.9. The Hall–Kier alpha value is -3.19. The zero-order chi connectivity index (χ0) is 26.6. The van der Waals surface area contributed by atoms with Gasteiger partial charge in [-0.15, -0.1) is 0 Å². The molecule has 198 valence electrons. The fourth-order valence-corrected chi connectivity index (χ4v) is 5.86. The van der Waals surface area contributed by atoms with Crippen LogP contribution >= 0.6 is 0 Å². The molecule has 0 bridgehead atoms. The number of anilines is 1. The quantitative estimate of drug-likeness (QED) is 0.368. The number of benzene rings is 3. The SMILES string of the molecule is CS(=O)(=O)N1CCN([C@@H](CN(c2ccc(OCc3cccc4ccccc34)cc2)[SH](=O)=O)C(=O)O)CC1. The van der Waals surface area contributed by atoms with E-state index in [9.17, 15) is 26.7 Å². The van der Waals surface area contributed by atoms with Gasteiger partial charge in [0.1, 0.15) is 18.4 Å². The third kappa shape index (κ3) is 6.58. The van der Waals surface area contributed by atoms with E-state index < -0.39 is 32.9 Å². The van der Waals surface area contributed by atoms with Crippen LogP contribution in [0.5, 0.6) is 5.75 Å². The number of hydrogen-bond donors (Lipinski definition) is 2. The minimum atomic E-state index is -3.37. The van der Waals surface area contributed by atoms with Gasteiger partial charge in [-0.2, -0.15) is 4.31 Å². The second-order valence-corrected chi connectivity index (χ2v) is 11.7. The van der Waals surface area contributed by atoms with Gasteiger partial charge in [0.15, 0.2) is 0 Å². The van der Waals surface area contributed by atoms with Gasteiger partial charge in [-0.25, -0.2) is 16.8 Å². The first-order valence-corrected chi connectivity index (χ1v) is 14.6. The predicted molar refractivity (Wildman–Crippen MR) is 142 cm³/mol. The topological polar surface area (TPSA) is 125 Å². The highest BCUT2D eigenvalue weighted by Crippen LogP contribution is 2.24. The van der Waals surface area contributed by atoms with Crippen LogP contribution in [0.15, 0.2) is 66.7 Å². The standard InChI is InChI=1S/C25H29N3O7S2/c1-37(33,34)27-15-13-26(14-16-27)24(25(29)30)17-28(36(31)32)21-9-11-22(12-10-21)35-18-20-7-4-6-19-5-2-3-8-23(19)20/h2-12,24,36H,13-18H2,1H3,(H,29,30)/t24-/m0/s1. The number of sulfonamides is 1. The van der Waals surface area contributed by atoms with Crippen LogP contribution in [-0.4, -0.2) is 82.1 Å². The van der Waals surface area contributed by atoms with Gasteiger partial charge < -0.3 is 9.84 Å². The summed E-state index contributed by atoms with van der Waals surface area (Å²) in [7, 11) is -6.50. The fraction of sp³-hybridized carbons (Fsp3) is 0.320. The number of hydrogen-bond acceptors (Lipinski definition) is 7. The van der Waals surface area contributed by atoms with E-state index in [-0.39, 0.29) is 32.7 Å². The molecule has 0 amide bonds. The zero-order valence-electron chi connectivity index (χ0n) is 20.3. The van der Waals surface area contributed by atoms with E-state index >= 15 is 0 Å². The summed E-state index contributed by atoms with van der Waals surface area (Å²) in [5.74, 6) is -0.630. The first-order valence-electron chi connectivity index (χ1n) is 11.7. The molecule has 1 atom stereocenters. The van der Waals surface area contributed by atoms with Crippen molar-refractivity contribution in [2.45, 2.75) is 12.6 Å². The largest absolute Gasteiger partial charge is 0.489 e. The van der Waals surface area contributed by atoms with Crippen molar-refractivity contribution in [2.75, 3.05) is 43.3 Å². The van der Waals surface area contributed by atoms with Gasteiger partial charge in [-0.05, 0) is 40.6 Å². The van der Waals surface area contributed by atoms with Crippen molar-refractivity contribution in [3.63, 3.8) is 0 Å². The maximum absolute atomic E-state index is 12.1. The van der Waals surface area contributed by atoms with Crippen LogP contribution in [0.3, 0.4) is 0 Å². The summed E-state index contributed by atoms with van der Waals surface area (Å²) >= 11 is 0. The fourth-order valence-electron chi connectivity index (χ4n) is 4.42. The lowest BCUT2D eigenvalue weighted by atomic mass is 10.1. The highest BCUT2D eigenvalue weighted by molar-refractivity contribution is 7.88. The summed E-state index contributed by atoms with van der Waals surface area (Å²) in [6.07, 6.45) is 1.11. The zero-order valence-corrected chi connectivity index (χ0v) is 22.0. The summed E-state index contributed by atoms with van der Waals surface area (Å²) in [5.41, 5.74) is 1.33. The van der Waals surface area contributed by atoms with E-state index in [1.165, 1.54) is 4.31 Å². The molecule has 0 spiro atoms. The van der Waals surface area contributed by atoms with Crippen molar-refractivity contribution in [3.05, 3.63) is 72.3 Å². The number of piperazine rings is 1. The van der Waals surface area contributed by atoms with Gasteiger partial charge in [-0.3, -0.25) is 14.0 Å². The van der Waals surface area contributed by atoms with Crippen LogP contribution in [0.2, 0.25) is 0 Å². The van der Waals surface area contributed by atoms with Crippen LogP contribution in [0.1, 0.15) is 5.56 Å². The molecule has 10 nitrogen and oxygen atoms in total. The van der Waals surface area contributed by atoms with Crippen molar-refractivity contribution in [3.8, 4) is 5.75 Å². The normalized spacial score (nSPS) is 16.1. The summed E-state index contributed by atoms with van der Waals surface area (Å²) in [4.78, 5) is 13.6. The third-order valence-electron chi connectivity index (χ3n) is 6.42. The highest BCUT2D eigenvalue weighted by Gasteiger charge is 2.33. The molecule has 1 heterocycles. The smallest absolute Gasteiger partial charge is 0.322 e. The number of ether oxygens (including phenoxy) is 1. The minimum Gasteiger partial charge on any atom is -0.489 e. The van der Waals surface area contributed by atoms with Crippen LogP contribution in [0, 0.1) is 0 Å². The molecule has 37 heavy (non-hydrogen) atoms. The summed E-state index contributed by atoms with van der Waals surface area (Å²) in [6, 6.07) is 19.3. The van der Waals surface area contributed by atoms with Gasteiger partial charge in [0.25, 0.3) is 0 Å². The molecule has 1 fully saturated rings. The molecule has 4 rings (SSSR count). The Morgan fingerprint density at radius 3 is 2.27 bits per heavy atom. The molecule has 0 saturated carbocycles. The van der Waals surface area contributed by atoms with Crippen LogP contribution < -0.4 is 9.04 Å². The number of rotatable bonds is 10. The van der Waals surface area contributed by atoms with Gasteiger partial charge in [0, 0.05) is 26.2 Å². The summed E-state index contributed by atoms with van der Waals surface area (Å²) in [5, 5.41) is 12.0. The molecule has 12 heteroatoms. The molecule has 1 N–H and O–H groups in total. The Balaban J connectivity index is 1.44. The Bertz CT molecular complexity index is 1420. The molecule has 0 aliphatic carbocycles. The maximum Gasteiger partial charge on any atom is 0.322 e. The molecule has 1 aliphatic heterocycles. The average molecular weight is 548 g/mol. The summed E-state index contributed by atoms with van der Waals surface area (Å²) < 4.78 is 55.9. The Morgan fingerprint density at radius 2 is 1.65 bits per heavy atom. The predicted octanol–water partition coefficient (Wildman–Crippen LogP) is 1.78. The van der Waals surface area contributed by atoms with Crippen molar-refractivity contribution in [2.24, 2.45) is 0 Å². The number of fused-ring (bicyclic) bond motifs is 1. The number of nitrogens with zero attached hydrogens (tertiary/aromatic N) is 3. The van der Waals surface area contributed by atoms with Crippen molar-refractivity contribution >= 4 is 43.3 Å². The molecule has 0 radical (unpaired) electrons. The van der Waals surface area contributed by atoms with Crippen LogP contribution in [-0.2, 0) is 32.3 Å². The van der Waals surface area contributed by atoms with Crippen molar-refractivity contribution in [1.82, 2.24) is 9.21 Å². The number of carboxylic acids is 1. The molecule has 0 unspecified atom stereocenters. The molecular weight excluding hydrogens is 518 g/mol. The van der Waals surface area contributed by atoms with Crippen molar-refractivity contribution < 1.29 is 31.5 Å². The number of thiol groups is 1. The molecule has 0 aromatic heterocycles. The van der Waals surface area contributed by atoms with Gasteiger partial charge in [-0.1, -0.05) is 42.5 Å². The maximum atomic E-state index is 12.1. The highest BCUT2D eigenvalue weighted by atomic mass is 32.2. The lowest BCUT2D eigenvalue weighted by Gasteiger charge is -2.37. The third-order valence-corrected chi connectivity index (χ3v) is 8.51. The first-order chi connectivity index (χ1) is 17.6. The van der Waals surface area contributed by atoms with Crippen LogP contribution in [0.25, 0.3) is 10.8 Å².